The van der Waals surface area contributed by atoms with E-state index >= 15 is 0 Å². The van der Waals surface area contributed by atoms with Crippen LogP contribution in [0, 0.1) is 0 Å². The standard InChI is InChI=1S/C20H32O2Si/c1-8-18-19-12-10-9-11-17(19)13-21-20(18)22-23(14(2)3,15(4)5)16(6)7/h9-12,14-16H,8,13H2,1-7H3. The topological polar surface area (TPSA) is 18.5 Å². The summed E-state index contributed by atoms with van der Waals surface area (Å²) in [5, 5.41) is 0. The molecular weight excluding hydrogens is 300 g/mol. The minimum Gasteiger partial charge on any atom is -0.518 e. The SMILES string of the molecule is CCC1=C(O[Si](C(C)C)(C(C)C)C(C)C)OCc2ccccc21. The maximum absolute atomic E-state index is 6.82. The number of ether oxygens (including phenoxy) is 1. The Morgan fingerprint density at radius 2 is 1.57 bits per heavy atom. The minimum atomic E-state index is -1.98. The first kappa shape index (κ1) is 18.1. The van der Waals surface area contributed by atoms with Gasteiger partial charge in [0.05, 0.1) is 0 Å². The summed E-state index contributed by atoms with van der Waals surface area (Å²) in [4.78, 5) is 0. The molecule has 1 aromatic carbocycles. The molecule has 0 spiro atoms. The first-order valence-electron chi connectivity index (χ1n) is 8.97. The van der Waals surface area contributed by atoms with Gasteiger partial charge in [-0.2, -0.15) is 0 Å². The fourth-order valence-corrected chi connectivity index (χ4v) is 9.43. The number of allylic oxidation sites excluding steroid dienone is 1. The molecule has 0 N–H and O–H groups in total. The maximum atomic E-state index is 6.82. The van der Waals surface area contributed by atoms with Crippen LogP contribution >= 0.6 is 0 Å². The second-order valence-electron chi connectivity index (χ2n) is 7.49. The first-order chi connectivity index (χ1) is 10.8. The van der Waals surface area contributed by atoms with E-state index in [4.69, 9.17) is 9.16 Å². The summed E-state index contributed by atoms with van der Waals surface area (Å²) < 4.78 is 12.9. The lowest BCUT2D eigenvalue weighted by Gasteiger charge is -2.43. The zero-order chi connectivity index (χ0) is 17.2. The van der Waals surface area contributed by atoms with Gasteiger partial charge < -0.3 is 9.16 Å². The van der Waals surface area contributed by atoms with Crippen LogP contribution in [0.2, 0.25) is 16.6 Å². The van der Waals surface area contributed by atoms with Crippen LogP contribution in [-0.2, 0) is 15.8 Å². The van der Waals surface area contributed by atoms with Crippen LogP contribution in [-0.4, -0.2) is 8.32 Å². The van der Waals surface area contributed by atoms with Crippen molar-refractivity contribution in [2.45, 2.75) is 78.1 Å². The van der Waals surface area contributed by atoms with Gasteiger partial charge in [0, 0.05) is 5.57 Å². The molecule has 23 heavy (non-hydrogen) atoms. The highest BCUT2D eigenvalue weighted by Gasteiger charge is 2.48. The van der Waals surface area contributed by atoms with E-state index in [9.17, 15) is 0 Å². The van der Waals surface area contributed by atoms with Crippen molar-refractivity contribution >= 4 is 13.9 Å². The smallest absolute Gasteiger partial charge is 0.269 e. The first-order valence-corrected chi connectivity index (χ1v) is 11.1. The van der Waals surface area contributed by atoms with E-state index in [1.165, 1.54) is 16.7 Å². The van der Waals surface area contributed by atoms with Gasteiger partial charge in [0.2, 0.25) is 0 Å². The second-order valence-corrected chi connectivity index (χ2v) is 12.9. The molecule has 128 valence electrons. The lowest BCUT2D eigenvalue weighted by atomic mass is 9.97. The normalized spacial score (nSPS) is 15.2. The van der Waals surface area contributed by atoms with Crippen molar-refractivity contribution in [3.63, 3.8) is 0 Å². The number of benzene rings is 1. The Balaban J connectivity index is 2.49. The molecule has 0 saturated heterocycles. The summed E-state index contributed by atoms with van der Waals surface area (Å²) >= 11 is 0. The molecule has 0 unspecified atom stereocenters. The van der Waals surface area contributed by atoms with Crippen LogP contribution in [0.4, 0.5) is 0 Å². The van der Waals surface area contributed by atoms with Gasteiger partial charge >= 0.3 is 0 Å². The van der Waals surface area contributed by atoms with E-state index in [0.717, 1.165) is 12.4 Å². The number of rotatable bonds is 6. The van der Waals surface area contributed by atoms with E-state index < -0.39 is 8.32 Å². The third-order valence-electron chi connectivity index (χ3n) is 5.28. The van der Waals surface area contributed by atoms with Crippen molar-refractivity contribution in [1.29, 1.82) is 0 Å². The van der Waals surface area contributed by atoms with Crippen molar-refractivity contribution in [2.75, 3.05) is 0 Å². The van der Waals surface area contributed by atoms with Gasteiger partial charge in [-0.25, -0.2) is 0 Å². The fraction of sp³-hybridized carbons (Fsp3) is 0.600. The van der Waals surface area contributed by atoms with Gasteiger partial charge in [-0.05, 0) is 34.2 Å². The van der Waals surface area contributed by atoms with E-state index in [2.05, 4.69) is 72.7 Å². The average molecular weight is 333 g/mol. The third kappa shape index (κ3) is 3.21. The lowest BCUT2D eigenvalue weighted by molar-refractivity contribution is 0.0827. The molecule has 1 aliphatic rings. The average Bonchev–Trinajstić information content (AvgIpc) is 2.50. The number of fused-ring (bicyclic) bond motifs is 1. The van der Waals surface area contributed by atoms with Crippen molar-refractivity contribution in [2.24, 2.45) is 0 Å². The second kappa shape index (κ2) is 7.12. The molecule has 0 radical (unpaired) electrons. The zero-order valence-electron chi connectivity index (χ0n) is 15.8. The molecule has 1 aliphatic heterocycles. The van der Waals surface area contributed by atoms with Crippen molar-refractivity contribution < 1.29 is 9.16 Å². The molecule has 3 heteroatoms. The Morgan fingerprint density at radius 3 is 2.09 bits per heavy atom. The Hall–Kier alpha value is -1.22. The van der Waals surface area contributed by atoms with E-state index in [1.54, 1.807) is 0 Å². The van der Waals surface area contributed by atoms with Crippen LogP contribution in [0.3, 0.4) is 0 Å². The van der Waals surface area contributed by atoms with Gasteiger partial charge in [-0.3, -0.25) is 0 Å². The number of hydrogen-bond donors (Lipinski definition) is 0. The largest absolute Gasteiger partial charge is 0.518 e. The van der Waals surface area contributed by atoms with Crippen LogP contribution in [0.1, 0.15) is 66.0 Å². The zero-order valence-corrected chi connectivity index (χ0v) is 16.8. The van der Waals surface area contributed by atoms with Crippen LogP contribution < -0.4 is 0 Å². The number of hydrogen-bond acceptors (Lipinski definition) is 2. The molecule has 0 aromatic heterocycles. The summed E-state index contributed by atoms with van der Waals surface area (Å²) in [6, 6.07) is 8.54. The Bertz CT molecular complexity index is 551. The molecule has 0 atom stereocenters. The molecule has 0 bridgehead atoms. The van der Waals surface area contributed by atoms with Crippen molar-refractivity contribution in [3.8, 4) is 0 Å². The molecular formula is C20H32O2Si. The Kier molecular flexibility index (Phi) is 5.61. The van der Waals surface area contributed by atoms with Crippen molar-refractivity contribution in [1.82, 2.24) is 0 Å². The van der Waals surface area contributed by atoms with Gasteiger partial charge in [0.1, 0.15) is 6.61 Å². The Morgan fingerprint density at radius 1 is 1.00 bits per heavy atom. The molecule has 0 amide bonds. The minimum absolute atomic E-state index is 0.550. The highest BCUT2D eigenvalue weighted by atomic mass is 28.4. The molecule has 0 aliphatic carbocycles. The van der Waals surface area contributed by atoms with Gasteiger partial charge in [-0.15, -0.1) is 0 Å². The monoisotopic (exact) mass is 332 g/mol. The predicted molar refractivity (Wildman–Crippen MR) is 101 cm³/mol. The summed E-state index contributed by atoms with van der Waals surface area (Å²) in [5.74, 6) is 0.800. The van der Waals surface area contributed by atoms with Gasteiger partial charge in [0.15, 0.2) is 0 Å². The van der Waals surface area contributed by atoms with E-state index in [-0.39, 0.29) is 0 Å². The molecule has 1 aromatic rings. The molecule has 1 heterocycles. The van der Waals surface area contributed by atoms with Gasteiger partial charge in [-0.1, -0.05) is 72.7 Å². The van der Waals surface area contributed by atoms with Crippen LogP contribution in [0.25, 0.3) is 5.57 Å². The van der Waals surface area contributed by atoms with Crippen LogP contribution in [0.5, 0.6) is 0 Å². The van der Waals surface area contributed by atoms with E-state index in [0.29, 0.717) is 23.2 Å². The van der Waals surface area contributed by atoms with Crippen LogP contribution in [0.15, 0.2) is 30.2 Å². The summed E-state index contributed by atoms with van der Waals surface area (Å²) in [6.07, 6.45) is 0.936. The maximum Gasteiger partial charge on any atom is 0.269 e. The summed E-state index contributed by atoms with van der Waals surface area (Å²) in [7, 11) is -1.98. The summed E-state index contributed by atoms with van der Waals surface area (Å²) in [5.41, 5.74) is 5.44. The lowest BCUT2D eigenvalue weighted by Crippen LogP contribution is -2.48. The fourth-order valence-electron chi connectivity index (χ4n) is 4.22. The summed E-state index contributed by atoms with van der Waals surface area (Å²) in [6.45, 7) is 16.7. The third-order valence-corrected chi connectivity index (χ3v) is 11.2. The van der Waals surface area contributed by atoms with Gasteiger partial charge in [0.25, 0.3) is 14.3 Å². The predicted octanol–water partition coefficient (Wildman–Crippen LogP) is 6.49. The molecule has 0 saturated carbocycles. The highest BCUT2D eigenvalue weighted by Crippen LogP contribution is 2.45. The van der Waals surface area contributed by atoms with Crippen molar-refractivity contribution in [3.05, 3.63) is 41.3 Å². The highest BCUT2D eigenvalue weighted by molar-refractivity contribution is 6.77. The molecule has 0 fully saturated rings. The van der Waals surface area contributed by atoms with E-state index in [1.807, 2.05) is 0 Å². The molecule has 2 rings (SSSR count). The molecule has 2 nitrogen and oxygen atoms in total. The quantitative estimate of drug-likeness (QED) is 0.554. The Labute approximate surface area is 143 Å².